The highest BCUT2D eigenvalue weighted by Gasteiger charge is 2.27. The van der Waals surface area contributed by atoms with E-state index < -0.39 is 0 Å². The first-order valence-corrected chi connectivity index (χ1v) is 8.37. The zero-order valence-electron chi connectivity index (χ0n) is 12.1. The van der Waals surface area contributed by atoms with Crippen molar-refractivity contribution in [1.29, 1.82) is 0 Å². The minimum absolute atomic E-state index is 0.126. The maximum atomic E-state index is 13.8. The maximum Gasteiger partial charge on any atom is 0.137 e. The summed E-state index contributed by atoms with van der Waals surface area (Å²) in [6.07, 6.45) is 6.16. The van der Waals surface area contributed by atoms with Crippen LogP contribution in [0.25, 0.3) is 0 Å². The molecule has 112 valence electrons. The third-order valence-corrected chi connectivity index (χ3v) is 4.99. The fourth-order valence-electron chi connectivity index (χ4n) is 3.23. The fourth-order valence-corrected chi connectivity index (χ4v) is 3.48. The van der Waals surface area contributed by atoms with Crippen molar-refractivity contribution in [3.8, 4) is 0 Å². The molecule has 1 heterocycles. The summed E-state index contributed by atoms with van der Waals surface area (Å²) < 4.78 is 14.3. The number of nitrogens with zero attached hydrogens (tertiary/aromatic N) is 1. The molecular formula is C16H24BrFN2. The van der Waals surface area contributed by atoms with Gasteiger partial charge in [0.2, 0.25) is 0 Å². The molecule has 1 aliphatic rings. The molecule has 0 spiro atoms. The minimum atomic E-state index is -0.205. The van der Waals surface area contributed by atoms with Crippen LogP contribution < -0.4 is 5.73 Å². The predicted octanol–water partition coefficient (Wildman–Crippen LogP) is 4.24. The molecule has 2 nitrogen and oxygen atoms in total. The van der Waals surface area contributed by atoms with E-state index in [0.717, 1.165) is 18.5 Å². The van der Waals surface area contributed by atoms with Crippen molar-refractivity contribution in [3.63, 3.8) is 0 Å². The summed E-state index contributed by atoms with van der Waals surface area (Å²) in [5, 5.41) is 0. The molecule has 1 aliphatic heterocycles. The highest BCUT2D eigenvalue weighted by molar-refractivity contribution is 9.10. The molecule has 0 radical (unpaired) electrons. The van der Waals surface area contributed by atoms with Crippen molar-refractivity contribution in [2.45, 2.75) is 51.1 Å². The quantitative estimate of drug-likeness (QED) is 0.886. The van der Waals surface area contributed by atoms with Gasteiger partial charge in [-0.2, -0.15) is 0 Å². The van der Waals surface area contributed by atoms with Gasteiger partial charge in [0.1, 0.15) is 5.82 Å². The van der Waals surface area contributed by atoms with E-state index in [1.165, 1.54) is 25.7 Å². The van der Waals surface area contributed by atoms with Gasteiger partial charge < -0.3 is 5.73 Å². The summed E-state index contributed by atoms with van der Waals surface area (Å²) in [5.41, 5.74) is 7.01. The molecule has 20 heavy (non-hydrogen) atoms. The summed E-state index contributed by atoms with van der Waals surface area (Å²) in [4.78, 5) is 2.50. The summed E-state index contributed by atoms with van der Waals surface area (Å²) in [5.74, 6) is -0.205. The number of nitrogens with two attached hydrogens (primary N) is 1. The highest BCUT2D eigenvalue weighted by Crippen LogP contribution is 2.30. The van der Waals surface area contributed by atoms with Crippen LogP contribution in [0.15, 0.2) is 22.7 Å². The van der Waals surface area contributed by atoms with Gasteiger partial charge in [-0.15, -0.1) is 0 Å². The number of benzene rings is 1. The standard InChI is InChI=1S/C16H24BrFN2/c1-2-13-6-4-3-5-9-20(13)16(11-19)12-7-8-14(17)15(18)10-12/h7-8,10,13,16H,2-6,9,11,19H2,1H3. The SMILES string of the molecule is CCC1CCCCCN1C(CN)c1ccc(Br)c(F)c1. The van der Waals surface area contributed by atoms with Gasteiger partial charge in [-0.25, -0.2) is 4.39 Å². The molecule has 4 heteroatoms. The summed E-state index contributed by atoms with van der Waals surface area (Å²) >= 11 is 3.21. The van der Waals surface area contributed by atoms with Gasteiger partial charge in [0.15, 0.2) is 0 Å². The molecule has 1 aromatic rings. The summed E-state index contributed by atoms with van der Waals surface area (Å²) in [7, 11) is 0. The Morgan fingerprint density at radius 3 is 2.85 bits per heavy atom. The first-order valence-electron chi connectivity index (χ1n) is 7.58. The lowest BCUT2D eigenvalue weighted by molar-refractivity contribution is 0.135. The Balaban J connectivity index is 2.26. The largest absolute Gasteiger partial charge is 0.329 e. The number of halogens is 2. The molecule has 0 amide bonds. The predicted molar refractivity (Wildman–Crippen MR) is 85.1 cm³/mol. The van der Waals surface area contributed by atoms with Crippen LogP contribution in [0, 0.1) is 5.82 Å². The van der Waals surface area contributed by atoms with E-state index in [4.69, 9.17) is 5.73 Å². The van der Waals surface area contributed by atoms with E-state index >= 15 is 0 Å². The Kier molecular flexibility index (Phi) is 6.00. The van der Waals surface area contributed by atoms with Crippen molar-refractivity contribution in [2.24, 2.45) is 5.73 Å². The molecule has 0 bridgehead atoms. The third kappa shape index (κ3) is 3.60. The highest BCUT2D eigenvalue weighted by atomic mass is 79.9. The first-order chi connectivity index (χ1) is 9.67. The van der Waals surface area contributed by atoms with Crippen LogP contribution in [0.5, 0.6) is 0 Å². The average molecular weight is 343 g/mol. The second kappa shape index (κ2) is 7.53. The Morgan fingerprint density at radius 1 is 1.40 bits per heavy atom. The Hall–Kier alpha value is -0.450. The Bertz CT molecular complexity index is 438. The van der Waals surface area contributed by atoms with E-state index in [-0.39, 0.29) is 11.9 Å². The van der Waals surface area contributed by atoms with Gasteiger partial charge >= 0.3 is 0 Å². The van der Waals surface area contributed by atoms with Gasteiger partial charge in [-0.1, -0.05) is 25.8 Å². The zero-order chi connectivity index (χ0) is 14.5. The average Bonchev–Trinajstić information content (AvgIpc) is 2.69. The second-order valence-electron chi connectivity index (χ2n) is 5.57. The summed E-state index contributed by atoms with van der Waals surface area (Å²) in [6, 6.07) is 6.09. The van der Waals surface area contributed by atoms with Crippen LogP contribution in [0.2, 0.25) is 0 Å². The molecular weight excluding hydrogens is 319 g/mol. The third-order valence-electron chi connectivity index (χ3n) is 4.35. The van der Waals surface area contributed by atoms with Crippen molar-refractivity contribution in [2.75, 3.05) is 13.1 Å². The van der Waals surface area contributed by atoms with Gasteiger partial charge in [-0.05, 0) is 59.4 Å². The molecule has 0 saturated carbocycles. The van der Waals surface area contributed by atoms with Crippen molar-refractivity contribution >= 4 is 15.9 Å². The second-order valence-corrected chi connectivity index (χ2v) is 6.43. The molecule has 0 aliphatic carbocycles. The van der Waals surface area contributed by atoms with Crippen molar-refractivity contribution < 1.29 is 4.39 Å². The first kappa shape index (κ1) is 15.9. The van der Waals surface area contributed by atoms with Gasteiger partial charge in [0.05, 0.1) is 4.47 Å². The topological polar surface area (TPSA) is 29.3 Å². The number of hydrogen-bond acceptors (Lipinski definition) is 2. The number of hydrogen-bond donors (Lipinski definition) is 1. The minimum Gasteiger partial charge on any atom is -0.329 e. The van der Waals surface area contributed by atoms with E-state index in [9.17, 15) is 4.39 Å². The molecule has 2 N–H and O–H groups in total. The van der Waals surface area contributed by atoms with Crippen LogP contribution in [0.3, 0.4) is 0 Å². The Morgan fingerprint density at radius 2 is 2.20 bits per heavy atom. The molecule has 2 rings (SSSR count). The lowest BCUT2D eigenvalue weighted by Crippen LogP contribution is -2.41. The zero-order valence-corrected chi connectivity index (χ0v) is 13.7. The monoisotopic (exact) mass is 342 g/mol. The van der Waals surface area contributed by atoms with Gasteiger partial charge in [0.25, 0.3) is 0 Å². The van der Waals surface area contributed by atoms with E-state index in [0.29, 0.717) is 17.1 Å². The van der Waals surface area contributed by atoms with Crippen molar-refractivity contribution in [3.05, 3.63) is 34.1 Å². The van der Waals surface area contributed by atoms with E-state index in [1.807, 2.05) is 6.07 Å². The lowest BCUT2D eigenvalue weighted by atomic mass is 10.0. The molecule has 2 unspecified atom stereocenters. The molecule has 2 atom stereocenters. The summed E-state index contributed by atoms with van der Waals surface area (Å²) in [6.45, 7) is 3.84. The lowest BCUT2D eigenvalue weighted by Gasteiger charge is -2.36. The molecule has 0 aromatic heterocycles. The Labute approximate surface area is 129 Å². The van der Waals surface area contributed by atoms with Crippen LogP contribution in [-0.4, -0.2) is 24.0 Å². The van der Waals surface area contributed by atoms with Crippen LogP contribution in [-0.2, 0) is 0 Å². The van der Waals surface area contributed by atoms with Gasteiger partial charge in [-0.3, -0.25) is 4.90 Å². The molecule has 1 aromatic carbocycles. The van der Waals surface area contributed by atoms with Crippen LogP contribution in [0.1, 0.15) is 50.6 Å². The molecule has 1 saturated heterocycles. The number of rotatable bonds is 4. The number of likely N-dealkylation sites (tertiary alicyclic amines) is 1. The molecule has 1 fully saturated rings. The van der Waals surface area contributed by atoms with E-state index in [2.05, 4.69) is 27.8 Å². The van der Waals surface area contributed by atoms with Crippen molar-refractivity contribution in [1.82, 2.24) is 4.90 Å². The normalized spacial score (nSPS) is 22.5. The van der Waals surface area contributed by atoms with Gasteiger partial charge in [0, 0.05) is 18.6 Å². The van der Waals surface area contributed by atoms with Crippen LogP contribution in [0.4, 0.5) is 4.39 Å². The van der Waals surface area contributed by atoms with Crippen LogP contribution >= 0.6 is 15.9 Å². The maximum absolute atomic E-state index is 13.8. The fraction of sp³-hybridized carbons (Fsp3) is 0.625. The van der Waals surface area contributed by atoms with E-state index in [1.54, 1.807) is 12.1 Å². The smallest absolute Gasteiger partial charge is 0.137 e.